The van der Waals surface area contributed by atoms with Gasteiger partial charge in [0.2, 0.25) is 5.91 Å². The van der Waals surface area contributed by atoms with E-state index in [9.17, 15) is 9.18 Å². The highest BCUT2D eigenvalue weighted by Crippen LogP contribution is 2.23. The molecule has 2 rings (SSSR count). The fourth-order valence-electron chi connectivity index (χ4n) is 1.55. The Kier molecular flexibility index (Phi) is 3.82. The van der Waals surface area contributed by atoms with Crippen LogP contribution >= 0.6 is 11.6 Å². The number of rotatable bonds is 3. The molecule has 1 atom stereocenters. The van der Waals surface area contributed by atoms with Crippen LogP contribution in [0.15, 0.2) is 30.6 Å². The third-order valence-corrected chi connectivity index (χ3v) is 2.87. The van der Waals surface area contributed by atoms with Crippen molar-refractivity contribution in [3.8, 4) is 0 Å². The molecule has 1 amide bonds. The van der Waals surface area contributed by atoms with E-state index in [-0.39, 0.29) is 5.02 Å². The third kappa shape index (κ3) is 3.10. The summed E-state index contributed by atoms with van der Waals surface area (Å²) in [5.41, 5.74) is 6.69. The molecule has 2 aromatic rings. The molecule has 7 heteroatoms. The summed E-state index contributed by atoms with van der Waals surface area (Å²) in [6.07, 6.45) is 3.16. The number of halogens is 2. The van der Waals surface area contributed by atoms with Crippen molar-refractivity contribution in [1.82, 2.24) is 9.78 Å². The Labute approximate surface area is 114 Å². The Morgan fingerprint density at radius 3 is 2.89 bits per heavy atom. The molecule has 5 nitrogen and oxygen atoms in total. The zero-order valence-electron chi connectivity index (χ0n) is 10.1. The Morgan fingerprint density at radius 1 is 1.58 bits per heavy atom. The van der Waals surface area contributed by atoms with E-state index < -0.39 is 17.8 Å². The molecular formula is C12H12ClFN4O. The zero-order valence-corrected chi connectivity index (χ0v) is 10.9. The number of amides is 1. The Hall–Kier alpha value is -1.92. The van der Waals surface area contributed by atoms with E-state index in [0.717, 1.165) is 6.07 Å². The van der Waals surface area contributed by atoms with Gasteiger partial charge in [0.15, 0.2) is 0 Å². The summed E-state index contributed by atoms with van der Waals surface area (Å²) in [5, 5.41) is 6.60. The summed E-state index contributed by atoms with van der Waals surface area (Å²) in [4.78, 5) is 11.9. The van der Waals surface area contributed by atoms with E-state index in [1.165, 1.54) is 18.3 Å². The highest BCUT2D eigenvalue weighted by molar-refractivity contribution is 6.33. The van der Waals surface area contributed by atoms with E-state index in [4.69, 9.17) is 17.3 Å². The van der Waals surface area contributed by atoms with Crippen LogP contribution in [0, 0.1) is 5.82 Å². The fourth-order valence-corrected chi connectivity index (χ4v) is 1.77. The molecule has 0 saturated heterocycles. The first kappa shape index (κ1) is 13.5. The van der Waals surface area contributed by atoms with Gasteiger partial charge in [0, 0.05) is 18.8 Å². The second-order valence-corrected chi connectivity index (χ2v) is 4.45. The number of benzene rings is 1. The van der Waals surface area contributed by atoms with Crippen LogP contribution in [-0.4, -0.2) is 15.7 Å². The minimum absolute atomic E-state index is 0.117. The molecule has 100 valence electrons. The van der Waals surface area contributed by atoms with Crippen LogP contribution in [-0.2, 0) is 11.8 Å². The molecule has 0 radical (unpaired) electrons. The Balaban J connectivity index is 2.12. The van der Waals surface area contributed by atoms with E-state index >= 15 is 0 Å². The van der Waals surface area contributed by atoms with Crippen molar-refractivity contribution >= 4 is 23.2 Å². The number of nitrogens with zero attached hydrogens (tertiary/aromatic N) is 2. The summed E-state index contributed by atoms with van der Waals surface area (Å²) in [5.74, 6) is -0.916. The zero-order chi connectivity index (χ0) is 14.0. The molecule has 0 spiro atoms. The number of carbonyl (C=O) groups is 1. The molecule has 0 bridgehead atoms. The summed E-state index contributed by atoms with van der Waals surface area (Å²) in [6.45, 7) is 0. The van der Waals surface area contributed by atoms with Crippen LogP contribution in [0.2, 0.25) is 5.02 Å². The molecule has 0 aliphatic rings. The first-order valence-electron chi connectivity index (χ1n) is 5.47. The summed E-state index contributed by atoms with van der Waals surface area (Å²) in [6, 6.07) is 2.84. The van der Waals surface area contributed by atoms with Gasteiger partial charge in [-0.1, -0.05) is 11.6 Å². The quantitative estimate of drug-likeness (QED) is 0.902. The summed E-state index contributed by atoms with van der Waals surface area (Å²) in [7, 11) is 1.73. The van der Waals surface area contributed by atoms with Gasteiger partial charge in [0.1, 0.15) is 11.9 Å². The molecule has 1 unspecified atom stereocenters. The highest BCUT2D eigenvalue weighted by atomic mass is 35.5. The number of nitrogens with one attached hydrogen (secondary N) is 1. The van der Waals surface area contributed by atoms with Crippen LogP contribution in [0.25, 0.3) is 0 Å². The lowest BCUT2D eigenvalue weighted by Gasteiger charge is -2.11. The first-order chi connectivity index (χ1) is 8.97. The molecule has 0 fully saturated rings. The summed E-state index contributed by atoms with van der Waals surface area (Å²) >= 11 is 5.82. The SMILES string of the molecule is Cn1cc(C(N)C(=O)Nc2ccc(F)cc2Cl)cn1. The smallest absolute Gasteiger partial charge is 0.246 e. The standard InChI is InChI=1S/C12H12ClFN4O/c1-18-6-7(5-16-18)11(15)12(19)17-10-3-2-8(14)4-9(10)13/h2-6,11H,15H2,1H3,(H,17,19). The van der Waals surface area contributed by atoms with Crippen molar-refractivity contribution in [2.45, 2.75) is 6.04 Å². The van der Waals surface area contributed by atoms with Gasteiger partial charge < -0.3 is 11.1 Å². The molecule has 19 heavy (non-hydrogen) atoms. The van der Waals surface area contributed by atoms with Gasteiger partial charge in [-0.15, -0.1) is 0 Å². The minimum atomic E-state index is -0.866. The predicted molar refractivity (Wildman–Crippen MR) is 70.2 cm³/mol. The number of aromatic nitrogens is 2. The van der Waals surface area contributed by atoms with Crippen molar-refractivity contribution in [3.05, 3.63) is 47.0 Å². The minimum Gasteiger partial charge on any atom is -0.323 e. The lowest BCUT2D eigenvalue weighted by Crippen LogP contribution is -2.27. The lowest BCUT2D eigenvalue weighted by molar-refractivity contribution is -0.117. The maximum Gasteiger partial charge on any atom is 0.246 e. The van der Waals surface area contributed by atoms with Gasteiger partial charge in [0.05, 0.1) is 16.9 Å². The van der Waals surface area contributed by atoms with Gasteiger partial charge in [-0.3, -0.25) is 9.48 Å². The molecule has 1 aromatic heterocycles. The maximum atomic E-state index is 12.9. The lowest BCUT2D eigenvalue weighted by atomic mass is 10.1. The number of anilines is 1. The van der Waals surface area contributed by atoms with Gasteiger partial charge in [-0.05, 0) is 18.2 Å². The van der Waals surface area contributed by atoms with Gasteiger partial charge in [-0.25, -0.2) is 4.39 Å². The van der Waals surface area contributed by atoms with Gasteiger partial charge in [0.25, 0.3) is 0 Å². The predicted octanol–water partition coefficient (Wildman–Crippen LogP) is 1.85. The van der Waals surface area contributed by atoms with Crippen LogP contribution in [0.4, 0.5) is 10.1 Å². The first-order valence-corrected chi connectivity index (χ1v) is 5.85. The number of carbonyl (C=O) groups excluding carboxylic acids is 1. The highest BCUT2D eigenvalue weighted by Gasteiger charge is 2.18. The van der Waals surface area contributed by atoms with Crippen molar-refractivity contribution in [2.75, 3.05) is 5.32 Å². The molecule has 3 N–H and O–H groups in total. The molecule has 1 heterocycles. The van der Waals surface area contributed by atoms with Crippen LogP contribution in [0.5, 0.6) is 0 Å². The van der Waals surface area contributed by atoms with Crippen molar-refractivity contribution in [2.24, 2.45) is 12.8 Å². The topological polar surface area (TPSA) is 72.9 Å². The number of hydrogen-bond acceptors (Lipinski definition) is 3. The van der Waals surface area contributed by atoms with E-state index in [1.807, 2.05) is 0 Å². The van der Waals surface area contributed by atoms with Crippen LogP contribution < -0.4 is 11.1 Å². The Bertz CT molecular complexity index is 614. The van der Waals surface area contributed by atoms with Crippen molar-refractivity contribution < 1.29 is 9.18 Å². The average molecular weight is 283 g/mol. The van der Waals surface area contributed by atoms with Crippen molar-refractivity contribution in [3.63, 3.8) is 0 Å². The molecular weight excluding hydrogens is 271 g/mol. The number of aryl methyl sites for hydroxylation is 1. The second kappa shape index (κ2) is 5.38. The van der Waals surface area contributed by atoms with Crippen LogP contribution in [0.1, 0.15) is 11.6 Å². The number of nitrogens with two attached hydrogens (primary N) is 1. The molecule has 0 aliphatic carbocycles. The second-order valence-electron chi connectivity index (χ2n) is 4.04. The molecule has 0 saturated carbocycles. The largest absolute Gasteiger partial charge is 0.323 e. The van der Waals surface area contributed by atoms with E-state index in [0.29, 0.717) is 11.3 Å². The molecule has 0 aliphatic heterocycles. The fraction of sp³-hybridized carbons (Fsp3) is 0.167. The van der Waals surface area contributed by atoms with E-state index in [2.05, 4.69) is 10.4 Å². The molecule has 1 aromatic carbocycles. The normalized spacial score (nSPS) is 12.2. The Morgan fingerprint density at radius 2 is 2.32 bits per heavy atom. The van der Waals surface area contributed by atoms with E-state index in [1.54, 1.807) is 17.9 Å². The van der Waals surface area contributed by atoms with Gasteiger partial charge in [-0.2, -0.15) is 5.10 Å². The van der Waals surface area contributed by atoms with Crippen molar-refractivity contribution in [1.29, 1.82) is 0 Å². The number of hydrogen-bond donors (Lipinski definition) is 2. The van der Waals surface area contributed by atoms with Crippen LogP contribution in [0.3, 0.4) is 0 Å². The monoisotopic (exact) mass is 282 g/mol. The summed E-state index contributed by atoms with van der Waals surface area (Å²) < 4.78 is 14.4. The average Bonchev–Trinajstić information content (AvgIpc) is 2.78. The maximum absolute atomic E-state index is 12.9. The third-order valence-electron chi connectivity index (χ3n) is 2.56. The van der Waals surface area contributed by atoms with Gasteiger partial charge >= 0.3 is 0 Å².